The Balaban J connectivity index is 1.39. The Hall–Kier alpha value is -1.06. The molecule has 3 nitrogen and oxygen atoms in total. The standard InChI is InChI=1S/C17H26N2O/c1-2-11-19(10-1)17-5-3-15(4-6-17)13-18-9-7-16-8-12-20-14-16/h3-6,16,18H,1-2,7-14H2. The molecule has 1 aromatic carbocycles. The molecule has 2 heterocycles. The van der Waals surface area contributed by atoms with Gasteiger partial charge in [0.2, 0.25) is 0 Å². The van der Waals surface area contributed by atoms with Crippen LogP contribution in [0.15, 0.2) is 24.3 Å². The molecule has 0 radical (unpaired) electrons. The molecular weight excluding hydrogens is 248 g/mol. The number of nitrogens with zero attached hydrogens (tertiary/aromatic N) is 1. The number of hydrogen-bond acceptors (Lipinski definition) is 3. The summed E-state index contributed by atoms with van der Waals surface area (Å²) < 4.78 is 5.40. The lowest BCUT2D eigenvalue weighted by molar-refractivity contribution is 0.184. The normalized spacial score (nSPS) is 22.6. The fourth-order valence-electron chi connectivity index (χ4n) is 3.15. The summed E-state index contributed by atoms with van der Waals surface area (Å²) in [7, 11) is 0. The van der Waals surface area contributed by atoms with Gasteiger partial charge in [0, 0.05) is 38.5 Å². The zero-order valence-electron chi connectivity index (χ0n) is 12.3. The van der Waals surface area contributed by atoms with E-state index in [1.807, 2.05) is 0 Å². The highest BCUT2D eigenvalue weighted by atomic mass is 16.5. The van der Waals surface area contributed by atoms with Crippen LogP contribution in [-0.4, -0.2) is 32.8 Å². The number of nitrogens with one attached hydrogen (secondary N) is 1. The molecule has 0 spiro atoms. The zero-order valence-corrected chi connectivity index (χ0v) is 12.3. The first-order valence-electron chi connectivity index (χ1n) is 8.04. The van der Waals surface area contributed by atoms with Gasteiger partial charge in [-0.15, -0.1) is 0 Å². The number of ether oxygens (including phenoxy) is 1. The summed E-state index contributed by atoms with van der Waals surface area (Å²) in [5.41, 5.74) is 2.77. The van der Waals surface area contributed by atoms with Crippen molar-refractivity contribution < 1.29 is 4.74 Å². The van der Waals surface area contributed by atoms with Gasteiger partial charge in [0.25, 0.3) is 0 Å². The minimum atomic E-state index is 0.778. The van der Waals surface area contributed by atoms with Crippen LogP contribution < -0.4 is 10.2 Å². The van der Waals surface area contributed by atoms with E-state index in [-0.39, 0.29) is 0 Å². The minimum absolute atomic E-state index is 0.778. The molecule has 2 saturated heterocycles. The Morgan fingerprint density at radius 3 is 2.65 bits per heavy atom. The van der Waals surface area contributed by atoms with E-state index in [9.17, 15) is 0 Å². The number of rotatable bonds is 6. The van der Waals surface area contributed by atoms with Gasteiger partial charge in [-0.25, -0.2) is 0 Å². The van der Waals surface area contributed by atoms with Crippen molar-refractivity contribution in [3.05, 3.63) is 29.8 Å². The van der Waals surface area contributed by atoms with Gasteiger partial charge in [-0.2, -0.15) is 0 Å². The van der Waals surface area contributed by atoms with Crippen LogP contribution in [0.25, 0.3) is 0 Å². The third-order valence-corrected chi connectivity index (χ3v) is 4.49. The van der Waals surface area contributed by atoms with Gasteiger partial charge in [-0.05, 0) is 55.8 Å². The summed E-state index contributed by atoms with van der Waals surface area (Å²) in [5.74, 6) is 0.778. The highest BCUT2D eigenvalue weighted by Crippen LogP contribution is 2.20. The Bertz CT molecular complexity index is 392. The predicted molar refractivity (Wildman–Crippen MR) is 83.1 cm³/mol. The average molecular weight is 274 g/mol. The monoisotopic (exact) mass is 274 g/mol. The molecule has 1 N–H and O–H groups in total. The second-order valence-corrected chi connectivity index (χ2v) is 6.06. The molecule has 0 saturated carbocycles. The third-order valence-electron chi connectivity index (χ3n) is 4.49. The summed E-state index contributed by atoms with van der Waals surface area (Å²) in [6.45, 7) is 6.45. The molecule has 2 fully saturated rings. The number of benzene rings is 1. The molecule has 0 aromatic heterocycles. The second-order valence-electron chi connectivity index (χ2n) is 6.06. The van der Waals surface area contributed by atoms with Crippen LogP contribution in [0.1, 0.15) is 31.2 Å². The van der Waals surface area contributed by atoms with Crippen molar-refractivity contribution in [3.8, 4) is 0 Å². The molecule has 0 amide bonds. The predicted octanol–water partition coefficient (Wildman–Crippen LogP) is 2.80. The van der Waals surface area contributed by atoms with E-state index < -0.39 is 0 Å². The molecule has 1 unspecified atom stereocenters. The van der Waals surface area contributed by atoms with Gasteiger partial charge in [0.05, 0.1) is 0 Å². The van der Waals surface area contributed by atoms with E-state index in [0.717, 1.165) is 32.2 Å². The molecule has 2 aliphatic rings. The van der Waals surface area contributed by atoms with E-state index in [2.05, 4.69) is 34.5 Å². The average Bonchev–Trinajstić information content (AvgIpc) is 3.17. The first-order valence-corrected chi connectivity index (χ1v) is 8.04. The molecule has 1 atom stereocenters. The van der Waals surface area contributed by atoms with Crippen LogP contribution in [0.3, 0.4) is 0 Å². The quantitative estimate of drug-likeness (QED) is 0.807. The topological polar surface area (TPSA) is 24.5 Å². The maximum atomic E-state index is 5.40. The Morgan fingerprint density at radius 2 is 1.95 bits per heavy atom. The lowest BCUT2D eigenvalue weighted by Crippen LogP contribution is -2.19. The van der Waals surface area contributed by atoms with E-state index >= 15 is 0 Å². The lowest BCUT2D eigenvalue weighted by atomic mass is 10.1. The molecule has 110 valence electrons. The Morgan fingerprint density at radius 1 is 1.15 bits per heavy atom. The van der Waals surface area contributed by atoms with Crippen LogP contribution in [0.2, 0.25) is 0 Å². The van der Waals surface area contributed by atoms with Crippen molar-refractivity contribution in [3.63, 3.8) is 0 Å². The summed E-state index contributed by atoms with van der Waals surface area (Å²) in [6, 6.07) is 9.07. The fourth-order valence-corrected chi connectivity index (χ4v) is 3.15. The first-order chi connectivity index (χ1) is 9.92. The van der Waals surface area contributed by atoms with Gasteiger partial charge >= 0.3 is 0 Å². The Labute approximate surface area is 122 Å². The first kappa shape index (κ1) is 13.9. The Kier molecular flexibility index (Phi) is 4.93. The van der Waals surface area contributed by atoms with E-state index in [4.69, 9.17) is 4.74 Å². The van der Waals surface area contributed by atoms with Crippen molar-refractivity contribution in [1.29, 1.82) is 0 Å². The molecule has 3 heteroatoms. The molecule has 0 aliphatic carbocycles. The summed E-state index contributed by atoms with van der Waals surface area (Å²) in [6.07, 6.45) is 5.17. The van der Waals surface area contributed by atoms with Gasteiger partial charge in [0.15, 0.2) is 0 Å². The maximum absolute atomic E-state index is 5.40. The largest absolute Gasteiger partial charge is 0.381 e. The van der Waals surface area contributed by atoms with Crippen LogP contribution in [-0.2, 0) is 11.3 Å². The summed E-state index contributed by atoms with van der Waals surface area (Å²) in [4.78, 5) is 2.48. The molecular formula is C17H26N2O. The molecule has 3 rings (SSSR count). The smallest absolute Gasteiger partial charge is 0.0495 e. The van der Waals surface area contributed by atoms with E-state index in [1.165, 1.54) is 50.0 Å². The molecule has 2 aliphatic heterocycles. The van der Waals surface area contributed by atoms with Gasteiger partial charge in [-0.3, -0.25) is 0 Å². The van der Waals surface area contributed by atoms with E-state index in [0.29, 0.717) is 0 Å². The molecule has 0 bridgehead atoms. The minimum Gasteiger partial charge on any atom is -0.381 e. The molecule has 20 heavy (non-hydrogen) atoms. The number of hydrogen-bond donors (Lipinski definition) is 1. The summed E-state index contributed by atoms with van der Waals surface area (Å²) >= 11 is 0. The van der Waals surface area contributed by atoms with E-state index in [1.54, 1.807) is 0 Å². The second kappa shape index (κ2) is 7.09. The highest BCUT2D eigenvalue weighted by molar-refractivity contribution is 5.48. The number of anilines is 1. The van der Waals surface area contributed by atoms with Crippen LogP contribution in [0.5, 0.6) is 0 Å². The maximum Gasteiger partial charge on any atom is 0.0495 e. The zero-order chi connectivity index (χ0) is 13.6. The van der Waals surface area contributed by atoms with Crippen molar-refractivity contribution in [1.82, 2.24) is 5.32 Å². The van der Waals surface area contributed by atoms with Crippen molar-refractivity contribution in [2.24, 2.45) is 5.92 Å². The van der Waals surface area contributed by atoms with Crippen LogP contribution in [0.4, 0.5) is 5.69 Å². The molecule has 1 aromatic rings. The summed E-state index contributed by atoms with van der Waals surface area (Å²) in [5, 5.41) is 3.55. The van der Waals surface area contributed by atoms with Crippen LogP contribution >= 0.6 is 0 Å². The van der Waals surface area contributed by atoms with Crippen LogP contribution in [0, 0.1) is 5.92 Å². The SMILES string of the molecule is c1cc(N2CCCC2)ccc1CNCCC1CCOC1. The van der Waals surface area contributed by atoms with Crippen molar-refractivity contribution >= 4 is 5.69 Å². The van der Waals surface area contributed by atoms with Gasteiger partial charge in [-0.1, -0.05) is 12.1 Å². The fraction of sp³-hybridized carbons (Fsp3) is 0.647. The van der Waals surface area contributed by atoms with Gasteiger partial charge in [0.1, 0.15) is 0 Å². The van der Waals surface area contributed by atoms with Crippen molar-refractivity contribution in [2.75, 3.05) is 37.7 Å². The third kappa shape index (κ3) is 3.74. The van der Waals surface area contributed by atoms with Crippen molar-refractivity contribution in [2.45, 2.75) is 32.2 Å². The highest BCUT2D eigenvalue weighted by Gasteiger charge is 2.14. The van der Waals surface area contributed by atoms with Gasteiger partial charge < -0.3 is 15.0 Å². The lowest BCUT2D eigenvalue weighted by Gasteiger charge is -2.17.